The topological polar surface area (TPSA) is 76.8 Å². The first-order chi connectivity index (χ1) is 12.1. The molecule has 7 heteroatoms. The van der Waals surface area contributed by atoms with Crippen LogP contribution in [0.15, 0.2) is 34.9 Å². The normalized spacial score (nSPS) is 16.0. The molecule has 1 aromatic carbocycles. The summed E-state index contributed by atoms with van der Waals surface area (Å²) in [5.41, 5.74) is 0. The standard InChI is InChI=1S/C18H23N3O4/c1-3-8-21(11-18(22)19-17-9-13(2)25-20-17)10-14-12-23-15-6-4-5-7-16(15)24-14/h4-7,9,14H,3,8,10-12H2,1-2H3,(H,19,20,22)/t14-/m1/s1. The second kappa shape index (κ2) is 8.02. The smallest absolute Gasteiger partial charge is 0.239 e. The van der Waals surface area contributed by atoms with Gasteiger partial charge in [0, 0.05) is 12.6 Å². The molecule has 0 radical (unpaired) electrons. The third-order valence-electron chi connectivity index (χ3n) is 3.83. The summed E-state index contributed by atoms with van der Waals surface area (Å²) in [5, 5.41) is 6.53. The predicted molar refractivity (Wildman–Crippen MR) is 93.0 cm³/mol. The van der Waals surface area contributed by atoms with Crippen molar-refractivity contribution in [2.45, 2.75) is 26.4 Å². The van der Waals surface area contributed by atoms with Gasteiger partial charge >= 0.3 is 0 Å². The molecule has 1 aliphatic heterocycles. The number of anilines is 1. The Morgan fingerprint density at radius 2 is 2.16 bits per heavy atom. The van der Waals surface area contributed by atoms with Crippen molar-refractivity contribution in [2.75, 3.05) is 31.6 Å². The molecule has 0 fully saturated rings. The molecule has 2 aromatic rings. The van der Waals surface area contributed by atoms with Crippen LogP contribution in [0.2, 0.25) is 0 Å². The lowest BCUT2D eigenvalue weighted by Crippen LogP contribution is -2.44. The lowest BCUT2D eigenvalue weighted by atomic mass is 10.2. The summed E-state index contributed by atoms with van der Waals surface area (Å²) < 4.78 is 16.7. The Bertz CT molecular complexity index is 716. The third-order valence-corrected chi connectivity index (χ3v) is 3.83. The second-order valence-corrected chi connectivity index (χ2v) is 6.10. The summed E-state index contributed by atoms with van der Waals surface area (Å²) in [5.74, 6) is 2.48. The number of carbonyl (C=O) groups excluding carboxylic acids is 1. The van der Waals surface area contributed by atoms with Crippen molar-refractivity contribution >= 4 is 11.7 Å². The van der Waals surface area contributed by atoms with Gasteiger partial charge in [-0.2, -0.15) is 0 Å². The van der Waals surface area contributed by atoms with Crippen molar-refractivity contribution in [3.63, 3.8) is 0 Å². The Hall–Kier alpha value is -2.54. The van der Waals surface area contributed by atoms with Gasteiger partial charge in [0.15, 0.2) is 17.3 Å². The van der Waals surface area contributed by atoms with E-state index in [0.29, 0.717) is 24.7 Å². The average molecular weight is 345 g/mol. The molecule has 1 atom stereocenters. The zero-order valence-electron chi connectivity index (χ0n) is 14.5. The fourth-order valence-corrected chi connectivity index (χ4v) is 2.80. The van der Waals surface area contributed by atoms with Gasteiger partial charge < -0.3 is 19.3 Å². The Morgan fingerprint density at radius 3 is 2.88 bits per heavy atom. The van der Waals surface area contributed by atoms with Crippen LogP contribution in [-0.4, -0.2) is 48.3 Å². The van der Waals surface area contributed by atoms with Crippen molar-refractivity contribution in [1.29, 1.82) is 0 Å². The average Bonchev–Trinajstić information content (AvgIpc) is 2.99. The number of amides is 1. The third kappa shape index (κ3) is 4.73. The number of nitrogens with one attached hydrogen (secondary N) is 1. The molecule has 1 aliphatic rings. The minimum atomic E-state index is -0.126. The number of carbonyl (C=O) groups is 1. The van der Waals surface area contributed by atoms with Gasteiger partial charge in [0.25, 0.3) is 0 Å². The van der Waals surface area contributed by atoms with Crippen LogP contribution in [0.25, 0.3) is 0 Å². The van der Waals surface area contributed by atoms with E-state index in [9.17, 15) is 4.79 Å². The highest BCUT2D eigenvalue weighted by atomic mass is 16.6. The second-order valence-electron chi connectivity index (χ2n) is 6.10. The summed E-state index contributed by atoms with van der Waals surface area (Å²) in [6.45, 7) is 6.02. The Labute approximate surface area is 146 Å². The highest BCUT2D eigenvalue weighted by Gasteiger charge is 2.24. The number of hydrogen-bond acceptors (Lipinski definition) is 6. The van der Waals surface area contributed by atoms with Gasteiger partial charge in [-0.25, -0.2) is 0 Å². The van der Waals surface area contributed by atoms with Crippen LogP contribution >= 0.6 is 0 Å². The van der Waals surface area contributed by atoms with Crippen LogP contribution in [0.1, 0.15) is 19.1 Å². The van der Waals surface area contributed by atoms with Gasteiger partial charge in [0.05, 0.1) is 6.54 Å². The summed E-state index contributed by atoms with van der Waals surface area (Å²) in [4.78, 5) is 14.3. The zero-order valence-corrected chi connectivity index (χ0v) is 14.5. The summed E-state index contributed by atoms with van der Waals surface area (Å²) in [6.07, 6.45) is 0.837. The van der Waals surface area contributed by atoms with Crippen LogP contribution in [0.3, 0.4) is 0 Å². The van der Waals surface area contributed by atoms with Gasteiger partial charge in [-0.15, -0.1) is 0 Å². The highest BCUT2D eigenvalue weighted by Crippen LogP contribution is 2.31. The minimum absolute atomic E-state index is 0.108. The molecule has 134 valence electrons. The van der Waals surface area contributed by atoms with Crippen molar-refractivity contribution < 1.29 is 18.8 Å². The molecule has 0 unspecified atom stereocenters. The maximum atomic E-state index is 12.2. The van der Waals surface area contributed by atoms with Crippen LogP contribution in [0, 0.1) is 6.92 Å². The monoisotopic (exact) mass is 345 g/mol. The number of hydrogen-bond donors (Lipinski definition) is 1. The number of ether oxygens (including phenoxy) is 2. The predicted octanol–water partition coefficient (Wildman–Crippen LogP) is 2.47. The van der Waals surface area contributed by atoms with E-state index >= 15 is 0 Å². The molecule has 1 N–H and O–H groups in total. The first-order valence-electron chi connectivity index (χ1n) is 8.48. The van der Waals surface area contributed by atoms with E-state index in [0.717, 1.165) is 24.5 Å². The van der Waals surface area contributed by atoms with Gasteiger partial charge in [-0.3, -0.25) is 9.69 Å². The summed E-state index contributed by atoms with van der Waals surface area (Å²) >= 11 is 0. The van der Waals surface area contributed by atoms with Crippen molar-refractivity contribution in [2.24, 2.45) is 0 Å². The SMILES string of the molecule is CCCN(CC(=O)Nc1cc(C)on1)C[C@@H]1COc2ccccc2O1. The Morgan fingerprint density at radius 1 is 1.36 bits per heavy atom. The van der Waals surface area contributed by atoms with E-state index < -0.39 is 0 Å². The Balaban J connectivity index is 1.55. The van der Waals surface area contributed by atoms with Gasteiger partial charge in [-0.05, 0) is 32.0 Å². The first-order valence-corrected chi connectivity index (χ1v) is 8.48. The molecule has 1 aromatic heterocycles. The van der Waals surface area contributed by atoms with Crippen molar-refractivity contribution in [3.8, 4) is 11.5 Å². The molecule has 0 aliphatic carbocycles. The lowest BCUT2D eigenvalue weighted by Gasteiger charge is -2.30. The van der Waals surface area contributed by atoms with Crippen LogP contribution < -0.4 is 14.8 Å². The van der Waals surface area contributed by atoms with Gasteiger partial charge in [0.2, 0.25) is 5.91 Å². The fraction of sp³-hybridized carbons (Fsp3) is 0.444. The number of para-hydroxylation sites is 2. The van der Waals surface area contributed by atoms with Crippen LogP contribution in [0.5, 0.6) is 11.5 Å². The molecule has 25 heavy (non-hydrogen) atoms. The van der Waals surface area contributed by atoms with Gasteiger partial charge in [0.1, 0.15) is 18.5 Å². The molecule has 2 heterocycles. The lowest BCUT2D eigenvalue weighted by molar-refractivity contribution is -0.117. The number of nitrogens with zero attached hydrogens (tertiary/aromatic N) is 2. The molecular weight excluding hydrogens is 322 g/mol. The molecular formula is C18H23N3O4. The number of aromatic nitrogens is 1. The molecule has 0 spiro atoms. The molecule has 0 bridgehead atoms. The van der Waals surface area contributed by atoms with E-state index in [1.807, 2.05) is 24.3 Å². The highest BCUT2D eigenvalue weighted by molar-refractivity contribution is 5.91. The van der Waals surface area contributed by atoms with E-state index in [-0.39, 0.29) is 18.6 Å². The fourth-order valence-electron chi connectivity index (χ4n) is 2.80. The van der Waals surface area contributed by atoms with Crippen LogP contribution in [0.4, 0.5) is 5.82 Å². The minimum Gasteiger partial charge on any atom is -0.486 e. The first kappa shape index (κ1) is 17.3. The molecule has 7 nitrogen and oxygen atoms in total. The van der Waals surface area contributed by atoms with E-state index in [4.69, 9.17) is 14.0 Å². The Kier molecular flexibility index (Phi) is 5.55. The van der Waals surface area contributed by atoms with Crippen molar-refractivity contribution in [1.82, 2.24) is 10.1 Å². The van der Waals surface area contributed by atoms with Crippen molar-refractivity contribution in [3.05, 3.63) is 36.1 Å². The molecule has 0 saturated heterocycles. The number of rotatable bonds is 7. The van der Waals surface area contributed by atoms with E-state index in [1.165, 1.54) is 0 Å². The number of aryl methyl sites for hydroxylation is 1. The molecule has 1 amide bonds. The largest absolute Gasteiger partial charge is 0.486 e. The zero-order chi connectivity index (χ0) is 17.6. The summed E-state index contributed by atoms with van der Waals surface area (Å²) in [6, 6.07) is 9.31. The summed E-state index contributed by atoms with van der Waals surface area (Å²) in [7, 11) is 0. The van der Waals surface area contributed by atoms with E-state index in [2.05, 4.69) is 22.3 Å². The number of benzene rings is 1. The maximum absolute atomic E-state index is 12.2. The molecule has 3 rings (SSSR count). The number of fused-ring (bicyclic) bond motifs is 1. The van der Waals surface area contributed by atoms with E-state index in [1.54, 1.807) is 13.0 Å². The maximum Gasteiger partial charge on any atom is 0.239 e. The quantitative estimate of drug-likeness (QED) is 0.831. The van der Waals surface area contributed by atoms with Crippen LogP contribution in [-0.2, 0) is 4.79 Å². The van der Waals surface area contributed by atoms with Gasteiger partial charge in [-0.1, -0.05) is 24.2 Å². The molecule has 0 saturated carbocycles.